The predicted molar refractivity (Wildman–Crippen MR) is 144 cm³/mol. The molecule has 186 valence electrons. The molecule has 0 saturated heterocycles. The molecule has 36 heavy (non-hydrogen) atoms. The summed E-state index contributed by atoms with van der Waals surface area (Å²) in [6, 6.07) is 9.69. The molecule has 0 aliphatic heterocycles. The first-order valence-electron chi connectivity index (χ1n) is 11.3. The standard InChI is InChI=1S/C27H28N4O4S/c1-15-11-20(17(3)31-23-7-5-6-8-24(23)36(29,33)34)27-21(12-15)25(32)16(2)26(35-27)18-9-10-22(28)19(13-18)14-30-4/h5-14,17,28,30-31H,1-4H3,(H2,29,33,34)/b19-14-,28-22?. The Labute approximate surface area is 209 Å². The average Bonchev–Trinajstić information content (AvgIpc) is 2.82. The van der Waals surface area contributed by atoms with Crippen LogP contribution in [0.4, 0.5) is 5.69 Å². The molecule has 9 heteroatoms. The molecule has 1 atom stereocenters. The van der Waals surface area contributed by atoms with Crippen LogP contribution in [0.2, 0.25) is 0 Å². The van der Waals surface area contributed by atoms with Gasteiger partial charge >= 0.3 is 0 Å². The molecule has 4 rings (SSSR count). The summed E-state index contributed by atoms with van der Waals surface area (Å²) in [6.07, 6.45) is 6.93. The Morgan fingerprint density at radius 2 is 1.86 bits per heavy atom. The number of allylic oxidation sites excluding steroid dienone is 5. The van der Waals surface area contributed by atoms with E-state index in [1.165, 1.54) is 6.07 Å². The first-order valence-corrected chi connectivity index (χ1v) is 12.9. The van der Waals surface area contributed by atoms with Crippen LogP contribution in [-0.2, 0) is 10.0 Å². The van der Waals surface area contributed by atoms with Crippen LogP contribution in [-0.4, -0.2) is 21.2 Å². The highest BCUT2D eigenvalue weighted by molar-refractivity contribution is 7.89. The third kappa shape index (κ3) is 4.75. The van der Waals surface area contributed by atoms with Crippen molar-refractivity contribution >= 4 is 38.0 Å². The van der Waals surface area contributed by atoms with Gasteiger partial charge in [-0.3, -0.25) is 4.79 Å². The molecule has 0 saturated carbocycles. The van der Waals surface area contributed by atoms with Crippen LogP contribution >= 0.6 is 0 Å². The van der Waals surface area contributed by atoms with E-state index in [4.69, 9.17) is 15.0 Å². The van der Waals surface area contributed by atoms with Crippen LogP contribution in [0, 0.1) is 19.3 Å². The number of hydrogen-bond acceptors (Lipinski definition) is 7. The van der Waals surface area contributed by atoms with Gasteiger partial charge < -0.3 is 20.5 Å². The normalized spacial score (nSPS) is 15.8. The van der Waals surface area contributed by atoms with Gasteiger partial charge in [0.25, 0.3) is 0 Å². The summed E-state index contributed by atoms with van der Waals surface area (Å²) in [6.45, 7) is 5.48. The zero-order valence-corrected chi connectivity index (χ0v) is 21.3. The van der Waals surface area contributed by atoms with Gasteiger partial charge in [-0.2, -0.15) is 0 Å². The molecule has 0 bridgehead atoms. The van der Waals surface area contributed by atoms with Gasteiger partial charge in [-0.25, -0.2) is 13.6 Å². The van der Waals surface area contributed by atoms with Crippen molar-refractivity contribution in [1.82, 2.24) is 5.32 Å². The van der Waals surface area contributed by atoms with Gasteiger partial charge in [-0.05, 0) is 62.8 Å². The predicted octanol–water partition coefficient (Wildman–Crippen LogP) is 4.31. The molecule has 5 N–H and O–H groups in total. The first kappa shape index (κ1) is 25.2. The molecule has 1 aliphatic carbocycles. The zero-order valence-electron chi connectivity index (χ0n) is 20.5. The molecule has 2 aromatic carbocycles. The van der Waals surface area contributed by atoms with E-state index in [-0.39, 0.29) is 10.3 Å². The average molecular weight is 505 g/mol. The number of aryl methyl sites for hydroxylation is 1. The summed E-state index contributed by atoms with van der Waals surface area (Å²) in [7, 11) is -2.18. The minimum Gasteiger partial charge on any atom is -0.455 e. The molecule has 1 unspecified atom stereocenters. The quantitative estimate of drug-likeness (QED) is 0.395. The Morgan fingerprint density at radius 3 is 2.56 bits per heavy atom. The smallest absolute Gasteiger partial charge is 0.240 e. The fraction of sp³-hybridized carbons (Fsp3) is 0.185. The van der Waals surface area contributed by atoms with Crippen LogP contribution < -0.4 is 21.2 Å². The number of fused-ring (bicyclic) bond motifs is 1. The van der Waals surface area contributed by atoms with Crippen LogP contribution in [0.5, 0.6) is 0 Å². The molecular formula is C27H28N4O4S. The minimum atomic E-state index is -3.94. The van der Waals surface area contributed by atoms with Crippen LogP contribution in [0.3, 0.4) is 0 Å². The van der Waals surface area contributed by atoms with Gasteiger partial charge in [0.15, 0.2) is 5.43 Å². The Kier molecular flexibility index (Phi) is 6.71. The van der Waals surface area contributed by atoms with E-state index in [1.807, 2.05) is 19.9 Å². The lowest BCUT2D eigenvalue weighted by Gasteiger charge is -2.20. The number of anilines is 1. The molecule has 0 fully saturated rings. The molecule has 1 heterocycles. The second-order valence-corrected chi connectivity index (χ2v) is 10.3. The van der Waals surface area contributed by atoms with Gasteiger partial charge in [-0.15, -0.1) is 0 Å². The van der Waals surface area contributed by atoms with Crippen LogP contribution in [0.25, 0.3) is 16.5 Å². The van der Waals surface area contributed by atoms with Crippen LogP contribution in [0.15, 0.2) is 80.5 Å². The monoisotopic (exact) mass is 504 g/mol. The van der Waals surface area contributed by atoms with E-state index in [1.54, 1.807) is 62.7 Å². The summed E-state index contributed by atoms with van der Waals surface area (Å²) < 4.78 is 30.6. The van der Waals surface area contributed by atoms with E-state index in [2.05, 4.69) is 10.6 Å². The molecule has 0 amide bonds. The third-order valence-electron chi connectivity index (χ3n) is 6.04. The number of benzene rings is 2. The Hall–Kier alpha value is -3.95. The maximum Gasteiger partial charge on any atom is 0.240 e. The van der Waals surface area contributed by atoms with E-state index in [9.17, 15) is 13.2 Å². The van der Waals surface area contributed by atoms with Gasteiger partial charge in [0, 0.05) is 35.5 Å². The summed E-state index contributed by atoms with van der Waals surface area (Å²) in [5, 5.41) is 20.1. The lowest BCUT2D eigenvalue weighted by molar-refractivity contribution is 0.574. The fourth-order valence-electron chi connectivity index (χ4n) is 4.29. The summed E-state index contributed by atoms with van der Waals surface area (Å²) in [5.41, 5.74) is 4.34. The lowest BCUT2D eigenvalue weighted by atomic mass is 9.95. The SMILES string of the molecule is CN/C=C1/C=C(c2oc3c(C(C)Nc4ccccc4S(N)(=O)=O)cc(C)cc3c(=O)c2C)C=CC1=N. The number of nitrogens with one attached hydrogen (secondary N) is 3. The van der Waals surface area contributed by atoms with Crippen molar-refractivity contribution in [3.8, 4) is 0 Å². The molecule has 0 radical (unpaired) electrons. The van der Waals surface area contributed by atoms with Gasteiger partial charge in [-0.1, -0.05) is 18.2 Å². The van der Waals surface area contributed by atoms with Crippen molar-refractivity contribution in [2.24, 2.45) is 5.14 Å². The zero-order chi connectivity index (χ0) is 26.2. The van der Waals surface area contributed by atoms with Crippen LogP contribution in [0.1, 0.15) is 35.4 Å². The highest BCUT2D eigenvalue weighted by atomic mass is 32.2. The largest absolute Gasteiger partial charge is 0.455 e. The van der Waals surface area contributed by atoms with Crippen molar-refractivity contribution in [3.05, 3.63) is 99.1 Å². The third-order valence-corrected chi connectivity index (χ3v) is 7.01. The molecular weight excluding hydrogens is 476 g/mol. The highest BCUT2D eigenvalue weighted by Crippen LogP contribution is 2.33. The van der Waals surface area contributed by atoms with E-state index >= 15 is 0 Å². The van der Waals surface area contributed by atoms with Crippen molar-refractivity contribution in [2.45, 2.75) is 31.7 Å². The van der Waals surface area contributed by atoms with Crippen molar-refractivity contribution in [2.75, 3.05) is 12.4 Å². The van der Waals surface area contributed by atoms with Crippen molar-refractivity contribution in [1.29, 1.82) is 5.41 Å². The molecule has 1 aromatic heterocycles. The summed E-state index contributed by atoms with van der Waals surface area (Å²) in [4.78, 5) is 13.4. The number of rotatable bonds is 6. The van der Waals surface area contributed by atoms with E-state index in [0.29, 0.717) is 50.4 Å². The number of para-hydroxylation sites is 1. The Balaban J connectivity index is 1.89. The van der Waals surface area contributed by atoms with E-state index < -0.39 is 16.1 Å². The number of nitrogens with two attached hydrogens (primary N) is 1. The topological polar surface area (TPSA) is 138 Å². The highest BCUT2D eigenvalue weighted by Gasteiger charge is 2.22. The Morgan fingerprint density at radius 1 is 1.14 bits per heavy atom. The summed E-state index contributed by atoms with van der Waals surface area (Å²) in [5.74, 6) is 0.417. The molecule has 1 aliphatic rings. The molecule has 3 aromatic rings. The molecule has 0 spiro atoms. The van der Waals surface area contributed by atoms with Gasteiger partial charge in [0.05, 0.1) is 22.8 Å². The Bertz CT molecular complexity index is 1650. The van der Waals surface area contributed by atoms with Gasteiger partial charge in [0.2, 0.25) is 10.0 Å². The number of sulfonamides is 1. The van der Waals surface area contributed by atoms with E-state index in [0.717, 1.165) is 5.56 Å². The second kappa shape index (κ2) is 9.60. The fourth-order valence-corrected chi connectivity index (χ4v) is 4.99. The lowest BCUT2D eigenvalue weighted by Crippen LogP contribution is -2.17. The number of hydrogen-bond donors (Lipinski definition) is 4. The molecule has 8 nitrogen and oxygen atoms in total. The maximum atomic E-state index is 13.4. The first-order chi connectivity index (χ1) is 17.0. The van der Waals surface area contributed by atoms with Crippen molar-refractivity contribution < 1.29 is 12.8 Å². The summed E-state index contributed by atoms with van der Waals surface area (Å²) >= 11 is 0. The van der Waals surface area contributed by atoms with Crippen molar-refractivity contribution in [3.63, 3.8) is 0 Å². The van der Waals surface area contributed by atoms with Gasteiger partial charge in [0.1, 0.15) is 16.2 Å². The number of primary sulfonamides is 1. The minimum absolute atomic E-state index is 0.0180. The second-order valence-electron chi connectivity index (χ2n) is 8.76. The maximum absolute atomic E-state index is 13.4.